The summed E-state index contributed by atoms with van der Waals surface area (Å²) >= 11 is 0. The number of aliphatic hydroxyl groups excluding tert-OH is 1. The first-order chi connectivity index (χ1) is 8.77. The van der Waals surface area contributed by atoms with Gasteiger partial charge in [-0.05, 0) is 6.42 Å². The van der Waals surface area contributed by atoms with Crippen LogP contribution in [0.3, 0.4) is 0 Å². The molecular formula is C10H17N3O6. The number of amides is 3. The van der Waals surface area contributed by atoms with Gasteiger partial charge in [-0.15, -0.1) is 0 Å². The minimum Gasteiger partial charge on any atom is -0.481 e. The van der Waals surface area contributed by atoms with Crippen molar-refractivity contribution in [2.75, 3.05) is 6.61 Å². The molecule has 0 unspecified atom stereocenters. The van der Waals surface area contributed by atoms with Crippen LogP contribution in [0.15, 0.2) is 0 Å². The molecule has 0 bridgehead atoms. The van der Waals surface area contributed by atoms with E-state index in [9.17, 15) is 19.2 Å². The monoisotopic (exact) mass is 275 g/mol. The van der Waals surface area contributed by atoms with Crippen LogP contribution in [0.5, 0.6) is 0 Å². The zero-order valence-corrected chi connectivity index (χ0v) is 10.4. The number of carboxylic acid groups (broad SMARTS) is 1. The molecule has 6 N–H and O–H groups in total. The average Bonchev–Trinajstić information content (AvgIpc) is 2.30. The molecule has 0 spiro atoms. The number of nitrogens with one attached hydrogen (secondary N) is 2. The maximum absolute atomic E-state index is 11.6. The summed E-state index contributed by atoms with van der Waals surface area (Å²) in [4.78, 5) is 43.8. The Labute approximate surface area is 109 Å². The van der Waals surface area contributed by atoms with E-state index in [-0.39, 0.29) is 12.8 Å². The second-order valence-corrected chi connectivity index (χ2v) is 3.83. The number of carbonyl (C=O) groups is 4. The first kappa shape index (κ1) is 16.8. The SMILES string of the molecule is CC(=O)N[C@@H](CO)C(=O)N[C@@H](CCC(=O)O)C(N)=O. The summed E-state index contributed by atoms with van der Waals surface area (Å²) < 4.78 is 0. The maximum atomic E-state index is 11.6. The van der Waals surface area contributed by atoms with E-state index in [2.05, 4.69) is 10.6 Å². The van der Waals surface area contributed by atoms with E-state index >= 15 is 0 Å². The van der Waals surface area contributed by atoms with Gasteiger partial charge in [0.15, 0.2) is 0 Å². The number of primary amides is 1. The highest BCUT2D eigenvalue weighted by Crippen LogP contribution is 1.98. The standard InChI is InChI=1S/C10H17N3O6/c1-5(15)12-7(4-14)10(19)13-6(9(11)18)2-3-8(16)17/h6-7,14H,2-4H2,1H3,(H2,11,18)(H,12,15)(H,13,19)(H,16,17)/t6-,7-/m0/s1. The van der Waals surface area contributed by atoms with Crippen molar-refractivity contribution in [3.63, 3.8) is 0 Å². The molecule has 0 fully saturated rings. The van der Waals surface area contributed by atoms with Crippen molar-refractivity contribution < 1.29 is 29.4 Å². The van der Waals surface area contributed by atoms with Crippen LogP contribution in [-0.2, 0) is 19.2 Å². The molecule has 0 saturated carbocycles. The molecule has 9 heteroatoms. The average molecular weight is 275 g/mol. The van der Waals surface area contributed by atoms with E-state index in [0.717, 1.165) is 6.92 Å². The lowest BCUT2D eigenvalue weighted by molar-refractivity contribution is -0.138. The Morgan fingerprint density at radius 3 is 2.11 bits per heavy atom. The molecule has 0 aliphatic rings. The van der Waals surface area contributed by atoms with Gasteiger partial charge in [-0.2, -0.15) is 0 Å². The third-order valence-electron chi connectivity index (χ3n) is 2.18. The van der Waals surface area contributed by atoms with E-state index in [4.69, 9.17) is 15.9 Å². The summed E-state index contributed by atoms with van der Waals surface area (Å²) in [5.41, 5.74) is 5.02. The van der Waals surface area contributed by atoms with Crippen LogP contribution in [0.2, 0.25) is 0 Å². The van der Waals surface area contributed by atoms with E-state index in [1.54, 1.807) is 0 Å². The number of hydrogen-bond acceptors (Lipinski definition) is 5. The molecule has 19 heavy (non-hydrogen) atoms. The molecule has 0 rings (SSSR count). The third kappa shape index (κ3) is 6.99. The molecule has 0 aliphatic carbocycles. The van der Waals surface area contributed by atoms with Crippen molar-refractivity contribution in [2.45, 2.75) is 31.8 Å². The Morgan fingerprint density at radius 2 is 1.74 bits per heavy atom. The molecule has 0 aromatic rings. The van der Waals surface area contributed by atoms with Gasteiger partial charge >= 0.3 is 5.97 Å². The van der Waals surface area contributed by atoms with Crippen molar-refractivity contribution >= 4 is 23.7 Å². The molecule has 0 radical (unpaired) electrons. The fraction of sp³-hybridized carbons (Fsp3) is 0.600. The Morgan fingerprint density at radius 1 is 1.16 bits per heavy atom. The summed E-state index contributed by atoms with van der Waals surface area (Å²) in [6.07, 6.45) is -0.521. The van der Waals surface area contributed by atoms with Gasteiger partial charge in [-0.1, -0.05) is 0 Å². The molecule has 0 aliphatic heterocycles. The fourth-order valence-corrected chi connectivity index (χ4v) is 1.27. The lowest BCUT2D eigenvalue weighted by Gasteiger charge is -2.19. The van der Waals surface area contributed by atoms with Gasteiger partial charge < -0.3 is 26.6 Å². The van der Waals surface area contributed by atoms with Crippen LogP contribution in [0, 0.1) is 0 Å². The van der Waals surface area contributed by atoms with Gasteiger partial charge in [-0.3, -0.25) is 19.2 Å². The van der Waals surface area contributed by atoms with Crippen LogP contribution < -0.4 is 16.4 Å². The minimum atomic E-state index is -1.22. The number of aliphatic carboxylic acids is 1. The quantitative estimate of drug-likeness (QED) is 0.324. The molecular weight excluding hydrogens is 258 g/mol. The van der Waals surface area contributed by atoms with Crippen molar-refractivity contribution in [2.24, 2.45) is 5.73 Å². The maximum Gasteiger partial charge on any atom is 0.303 e. The van der Waals surface area contributed by atoms with Gasteiger partial charge in [0.1, 0.15) is 12.1 Å². The van der Waals surface area contributed by atoms with Gasteiger partial charge in [-0.25, -0.2) is 0 Å². The number of aliphatic hydroxyl groups is 1. The molecule has 9 nitrogen and oxygen atoms in total. The van der Waals surface area contributed by atoms with Crippen LogP contribution in [0.4, 0.5) is 0 Å². The molecule has 108 valence electrons. The Hall–Kier alpha value is -2.16. The fourth-order valence-electron chi connectivity index (χ4n) is 1.27. The summed E-state index contributed by atoms with van der Waals surface area (Å²) in [5.74, 6) is -3.38. The van der Waals surface area contributed by atoms with E-state index in [0.29, 0.717) is 0 Å². The molecule has 0 heterocycles. The van der Waals surface area contributed by atoms with Crippen LogP contribution in [-0.4, -0.2) is 52.6 Å². The van der Waals surface area contributed by atoms with Crippen molar-refractivity contribution in [1.29, 1.82) is 0 Å². The number of hydrogen-bond donors (Lipinski definition) is 5. The second kappa shape index (κ2) is 8.03. The predicted octanol–water partition coefficient (Wildman–Crippen LogP) is -2.68. The Kier molecular flexibility index (Phi) is 7.12. The molecule has 2 atom stereocenters. The van der Waals surface area contributed by atoms with Gasteiger partial charge in [0, 0.05) is 13.3 Å². The number of carbonyl (C=O) groups excluding carboxylic acids is 3. The van der Waals surface area contributed by atoms with Crippen LogP contribution in [0.1, 0.15) is 19.8 Å². The van der Waals surface area contributed by atoms with Crippen LogP contribution >= 0.6 is 0 Å². The second-order valence-electron chi connectivity index (χ2n) is 3.83. The molecule has 0 aromatic heterocycles. The van der Waals surface area contributed by atoms with Gasteiger partial charge in [0.2, 0.25) is 17.7 Å². The lowest BCUT2D eigenvalue weighted by atomic mass is 10.1. The van der Waals surface area contributed by atoms with Crippen molar-refractivity contribution in [1.82, 2.24) is 10.6 Å². The summed E-state index contributed by atoms with van der Waals surface area (Å²) in [6, 6.07) is -2.39. The van der Waals surface area contributed by atoms with Crippen molar-refractivity contribution in [3.05, 3.63) is 0 Å². The summed E-state index contributed by atoms with van der Waals surface area (Å²) in [6.45, 7) is 0.502. The predicted molar refractivity (Wildman–Crippen MR) is 62.7 cm³/mol. The highest BCUT2D eigenvalue weighted by molar-refractivity contribution is 5.91. The van der Waals surface area contributed by atoms with E-state index < -0.39 is 42.4 Å². The Bertz CT molecular complexity index is 370. The Balaban J connectivity index is 4.55. The normalized spacial score (nSPS) is 13.2. The first-order valence-corrected chi connectivity index (χ1v) is 5.47. The van der Waals surface area contributed by atoms with Gasteiger partial charge in [0.25, 0.3) is 0 Å². The van der Waals surface area contributed by atoms with Crippen LogP contribution in [0.25, 0.3) is 0 Å². The highest BCUT2D eigenvalue weighted by atomic mass is 16.4. The largest absolute Gasteiger partial charge is 0.481 e. The zero-order valence-electron chi connectivity index (χ0n) is 10.4. The van der Waals surface area contributed by atoms with Crippen molar-refractivity contribution in [3.8, 4) is 0 Å². The lowest BCUT2D eigenvalue weighted by Crippen LogP contribution is -2.54. The van der Waals surface area contributed by atoms with E-state index in [1.165, 1.54) is 0 Å². The summed E-state index contributed by atoms with van der Waals surface area (Å²) in [7, 11) is 0. The molecule has 3 amide bonds. The minimum absolute atomic E-state index is 0.172. The number of nitrogens with two attached hydrogens (primary N) is 1. The summed E-state index contributed by atoms with van der Waals surface area (Å²) in [5, 5.41) is 21.8. The third-order valence-corrected chi connectivity index (χ3v) is 2.18. The number of carboxylic acids is 1. The topological polar surface area (TPSA) is 159 Å². The first-order valence-electron chi connectivity index (χ1n) is 5.47. The number of rotatable bonds is 8. The smallest absolute Gasteiger partial charge is 0.303 e. The zero-order chi connectivity index (χ0) is 15.0. The molecule has 0 saturated heterocycles. The highest BCUT2D eigenvalue weighted by Gasteiger charge is 2.24. The molecule has 0 aromatic carbocycles. The van der Waals surface area contributed by atoms with E-state index in [1.807, 2.05) is 0 Å². The van der Waals surface area contributed by atoms with Gasteiger partial charge in [0.05, 0.1) is 6.61 Å².